The van der Waals surface area contributed by atoms with E-state index >= 15 is 0 Å². The van der Waals surface area contributed by atoms with Crippen LogP contribution in [0.1, 0.15) is 37.6 Å². The van der Waals surface area contributed by atoms with E-state index < -0.39 is 0 Å². The summed E-state index contributed by atoms with van der Waals surface area (Å²) in [4.78, 5) is 0. The molecule has 2 rings (SSSR count). The van der Waals surface area contributed by atoms with E-state index in [0.717, 1.165) is 11.3 Å². The molecule has 0 aliphatic rings. The maximum atomic E-state index is 13.7. The molecule has 0 aliphatic carbocycles. The summed E-state index contributed by atoms with van der Waals surface area (Å²) in [5, 5.41) is 8.27. The number of aromatic nitrogens is 2. The lowest BCUT2D eigenvalue weighted by Crippen LogP contribution is -2.35. The Balaban J connectivity index is 2.16. The van der Waals surface area contributed by atoms with Crippen LogP contribution in [0.25, 0.3) is 5.82 Å². The summed E-state index contributed by atoms with van der Waals surface area (Å²) in [6.07, 6.45) is 2.31. The quantitative estimate of drug-likeness (QED) is 0.905. The van der Waals surface area contributed by atoms with Gasteiger partial charge in [0.05, 0.1) is 5.69 Å². The van der Waals surface area contributed by atoms with Gasteiger partial charge in [0.15, 0.2) is 0 Å². The molecule has 0 fully saturated rings. The predicted molar refractivity (Wildman–Crippen MR) is 89.4 cm³/mol. The number of halogens is 2. The molecule has 0 bridgehead atoms. The van der Waals surface area contributed by atoms with Gasteiger partial charge >= 0.3 is 0 Å². The van der Waals surface area contributed by atoms with Crippen LogP contribution in [0.5, 0.6) is 0 Å². The Morgan fingerprint density at radius 1 is 1.41 bits per heavy atom. The van der Waals surface area contributed by atoms with Gasteiger partial charge < -0.3 is 5.32 Å². The Morgan fingerprint density at radius 2 is 2.09 bits per heavy atom. The summed E-state index contributed by atoms with van der Waals surface area (Å²) in [5.74, 6) is 0.442. The zero-order chi connectivity index (χ0) is 16.5. The van der Waals surface area contributed by atoms with E-state index in [4.69, 9.17) is 11.6 Å². The van der Waals surface area contributed by atoms with Gasteiger partial charge in [-0.3, -0.25) is 0 Å². The highest BCUT2D eigenvalue weighted by Gasteiger charge is 2.13. The SMILES string of the molecule is C=C(NC(C)(C)C)n1ccc(Cc2cc(F)c(C)cc2Cl)n1. The molecule has 1 aromatic carbocycles. The van der Waals surface area contributed by atoms with Crippen LogP contribution < -0.4 is 5.32 Å². The van der Waals surface area contributed by atoms with Crippen molar-refractivity contribution in [1.82, 2.24) is 15.1 Å². The van der Waals surface area contributed by atoms with E-state index in [1.807, 2.05) is 12.3 Å². The molecule has 0 amide bonds. The van der Waals surface area contributed by atoms with Crippen molar-refractivity contribution in [3.8, 4) is 0 Å². The molecule has 118 valence electrons. The molecular weight excluding hydrogens is 301 g/mol. The fraction of sp³-hybridized carbons (Fsp3) is 0.353. The second-order valence-corrected chi connectivity index (χ2v) is 6.85. The molecule has 0 saturated heterocycles. The Bertz CT molecular complexity index is 698. The van der Waals surface area contributed by atoms with Gasteiger partial charge in [-0.15, -0.1) is 0 Å². The fourth-order valence-corrected chi connectivity index (χ4v) is 2.40. The van der Waals surface area contributed by atoms with E-state index in [0.29, 0.717) is 22.8 Å². The molecule has 2 aromatic rings. The Morgan fingerprint density at radius 3 is 2.73 bits per heavy atom. The topological polar surface area (TPSA) is 29.9 Å². The number of nitrogens with zero attached hydrogens (tertiary/aromatic N) is 2. The van der Waals surface area contributed by atoms with Crippen LogP contribution in [-0.2, 0) is 6.42 Å². The lowest BCUT2D eigenvalue weighted by atomic mass is 10.1. The van der Waals surface area contributed by atoms with Gasteiger partial charge in [-0.25, -0.2) is 9.07 Å². The van der Waals surface area contributed by atoms with E-state index in [1.54, 1.807) is 17.7 Å². The molecule has 0 saturated carbocycles. The molecule has 0 aliphatic heterocycles. The highest BCUT2D eigenvalue weighted by Crippen LogP contribution is 2.22. The third-order valence-corrected chi connectivity index (χ3v) is 3.49. The van der Waals surface area contributed by atoms with Gasteiger partial charge in [-0.05, 0) is 57.0 Å². The Kier molecular flexibility index (Phi) is 4.61. The highest BCUT2D eigenvalue weighted by molar-refractivity contribution is 6.31. The first-order chi connectivity index (χ1) is 10.2. The predicted octanol–water partition coefficient (Wildman–Crippen LogP) is 4.39. The van der Waals surface area contributed by atoms with Crippen molar-refractivity contribution >= 4 is 17.4 Å². The summed E-state index contributed by atoms with van der Waals surface area (Å²) in [6.45, 7) is 11.8. The summed E-state index contributed by atoms with van der Waals surface area (Å²) in [6, 6.07) is 4.99. The second-order valence-electron chi connectivity index (χ2n) is 6.44. The molecule has 0 spiro atoms. The third-order valence-electron chi connectivity index (χ3n) is 3.14. The zero-order valence-corrected chi connectivity index (χ0v) is 14.1. The van der Waals surface area contributed by atoms with Gasteiger partial charge in [0, 0.05) is 23.2 Å². The van der Waals surface area contributed by atoms with E-state index in [-0.39, 0.29) is 11.4 Å². The number of hydrogen-bond donors (Lipinski definition) is 1. The molecule has 0 radical (unpaired) electrons. The number of aryl methyl sites for hydroxylation is 1. The van der Waals surface area contributed by atoms with Crippen LogP contribution in [-0.4, -0.2) is 15.3 Å². The van der Waals surface area contributed by atoms with Crippen LogP contribution in [0.2, 0.25) is 5.02 Å². The normalized spacial score (nSPS) is 11.5. The first-order valence-electron chi connectivity index (χ1n) is 7.12. The van der Waals surface area contributed by atoms with Gasteiger partial charge in [0.1, 0.15) is 11.6 Å². The standard InChI is InChI=1S/C17H21ClFN3/c1-11-8-15(18)13(10-16(11)19)9-14-6-7-22(21-14)12(2)20-17(3,4)5/h6-8,10,20H,2,9H2,1,3-5H3. The second kappa shape index (κ2) is 6.13. The molecule has 3 nitrogen and oxygen atoms in total. The number of rotatable bonds is 4. The van der Waals surface area contributed by atoms with Gasteiger partial charge in [-0.1, -0.05) is 18.2 Å². The van der Waals surface area contributed by atoms with E-state index in [1.165, 1.54) is 6.07 Å². The zero-order valence-electron chi connectivity index (χ0n) is 13.4. The van der Waals surface area contributed by atoms with E-state index in [9.17, 15) is 4.39 Å². The smallest absolute Gasteiger partial charge is 0.126 e. The summed E-state index contributed by atoms with van der Waals surface area (Å²) < 4.78 is 15.4. The van der Waals surface area contributed by atoms with Crippen LogP contribution in [0.4, 0.5) is 4.39 Å². The average Bonchev–Trinajstić information content (AvgIpc) is 2.82. The maximum absolute atomic E-state index is 13.7. The summed E-state index contributed by atoms with van der Waals surface area (Å²) >= 11 is 6.18. The highest BCUT2D eigenvalue weighted by atomic mass is 35.5. The van der Waals surface area contributed by atoms with Crippen molar-refractivity contribution in [3.05, 3.63) is 58.6 Å². The van der Waals surface area contributed by atoms with Crippen molar-refractivity contribution in [3.63, 3.8) is 0 Å². The van der Waals surface area contributed by atoms with E-state index in [2.05, 4.69) is 37.8 Å². The van der Waals surface area contributed by atoms with Crippen LogP contribution >= 0.6 is 11.6 Å². The lowest BCUT2D eigenvalue weighted by molar-refractivity contribution is 0.486. The Hall–Kier alpha value is -1.81. The minimum atomic E-state index is -0.252. The Labute approximate surface area is 135 Å². The molecule has 5 heteroatoms. The van der Waals surface area contributed by atoms with Crippen molar-refractivity contribution in [2.24, 2.45) is 0 Å². The van der Waals surface area contributed by atoms with Crippen molar-refractivity contribution in [1.29, 1.82) is 0 Å². The van der Waals surface area contributed by atoms with Gasteiger partial charge in [0.25, 0.3) is 0 Å². The first-order valence-corrected chi connectivity index (χ1v) is 7.50. The molecule has 1 N–H and O–H groups in total. The molecule has 1 aromatic heterocycles. The largest absolute Gasteiger partial charge is 0.366 e. The molecule has 0 unspecified atom stereocenters. The average molecular weight is 322 g/mol. The van der Waals surface area contributed by atoms with Crippen LogP contribution in [0.15, 0.2) is 31.0 Å². The van der Waals surface area contributed by atoms with Crippen molar-refractivity contribution in [2.75, 3.05) is 0 Å². The number of benzene rings is 1. The molecule has 22 heavy (non-hydrogen) atoms. The molecule has 0 atom stereocenters. The van der Waals surface area contributed by atoms with Crippen LogP contribution in [0.3, 0.4) is 0 Å². The third kappa shape index (κ3) is 4.10. The lowest BCUT2D eigenvalue weighted by Gasteiger charge is -2.23. The van der Waals surface area contributed by atoms with Crippen LogP contribution in [0, 0.1) is 12.7 Å². The summed E-state index contributed by atoms with van der Waals surface area (Å²) in [7, 11) is 0. The number of hydrogen-bond acceptors (Lipinski definition) is 2. The number of nitrogens with one attached hydrogen (secondary N) is 1. The van der Waals surface area contributed by atoms with Gasteiger partial charge in [-0.2, -0.15) is 5.10 Å². The minimum Gasteiger partial charge on any atom is -0.366 e. The molecular formula is C17H21ClFN3. The minimum absolute atomic E-state index is 0.0907. The summed E-state index contributed by atoms with van der Waals surface area (Å²) in [5.41, 5.74) is 1.99. The van der Waals surface area contributed by atoms with Crippen molar-refractivity contribution < 1.29 is 4.39 Å². The fourth-order valence-electron chi connectivity index (χ4n) is 2.11. The van der Waals surface area contributed by atoms with Gasteiger partial charge in [0.2, 0.25) is 0 Å². The first kappa shape index (κ1) is 16.6. The van der Waals surface area contributed by atoms with Crippen molar-refractivity contribution in [2.45, 2.75) is 39.7 Å². The monoisotopic (exact) mass is 321 g/mol. The molecule has 1 heterocycles. The maximum Gasteiger partial charge on any atom is 0.126 e.